The number of hydrogen-bond acceptors (Lipinski definition) is 5. The van der Waals surface area contributed by atoms with Crippen LogP contribution in [-0.4, -0.2) is 11.8 Å². The van der Waals surface area contributed by atoms with Crippen LogP contribution in [0, 0.1) is 6.92 Å². The van der Waals surface area contributed by atoms with E-state index in [1.807, 2.05) is 19.1 Å². The van der Waals surface area contributed by atoms with Crippen LogP contribution in [0.5, 0.6) is 0 Å². The number of nitrogens with two attached hydrogens (primary N) is 2. The zero-order chi connectivity index (χ0) is 27.4. The van der Waals surface area contributed by atoms with Gasteiger partial charge in [-0.1, -0.05) is 11.8 Å². The second-order valence-corrected chi connectivity index (χ2v) is 9.58. The highest BCUT2D eigenvalue weighted by Crippen LogP contribution is 2.34. The molecule has 0 spiro atoms. The Kier molecular flexibility index (Phi) is 7.63. The molecule has 4 aromatic rings. The lowest BCUT2D eigenvalue weighted by Gasteiger charge is -2.12. The molecular weight excluding hydrogens is 513 g/mol. The van der Waals surface area contributed by atoms with Gasteiger partial charge in [0.05, 0.1) is 5.56 Å². The number of hydrogen-bond donors (Lipinski definition) is 4. The summed E-state index contributed by atoms with van der Waals surface area (Å²) < 4.78 is 39.2. The van der Waals surface area contributed by atoms with E-state index in [0.29, 0.717) is 22.6 Å². The Labute approximate surface area is 221 Å². The third-order valence-corrected chi connectivity index (χ3v) is 6.63. The van der Waals surface area contributed by atoms with E-state index in [1.54, 1.807) is 54.6 Å². The van der Waals surface area contributed by atoms with Gasteiger partial charge in [-0.15, -0.1) is 0 Å². The highest BCUT2D eigenvalue weighted by Gasteiger charge is 2.33. The molecule has 10 heteroatoms. The number of benzene rings is 4. The number of alkyl halides is 3. The summed E-state index contributed by atoms with van der Waals surface area (Å²) in [5, 5.41) is 5.44. The van der Waals surface area contributed by atoms with Gasteiger partial charge < -0.3 is 22.1 Å². The summed E-state index contributed by atoms with van der Waals surface area (Å²) >= 11 is 1.47. The van der Waals surface area contributed by atoms with Crippen molar-refractivity contribution in [1.29, 1.82) is 0 Å². The molecular formula is C28H23F3N4O2S. The maximum atomic E-state index is 13.1. The van der Waals surface area contributed by atoms with Crippen molar-refractivity contribution in [2.45, 2.75) is 22.9 Å². The molecule has 194 valence electrons. The molecule has 0 atom stereocenters. The molecule has 4 rings (SSSR count). The molecule has 6 N–H and O–H groups in total. The monoisotopic (exact) mass is 536 g/mol. The van der Waals surface area contributed by atoms with Crippen molar-refractivity contribution in [3.8, 4) is 0 Å². The van der Waals surface area contributed by atoms with Gasteiger partial charge in [0.25, 0.3) is 11.8 Å². The van der Waals surface area contributed by atoms with Gasteiger partial charge >= 0.3 is 6.18 Å². The maximum absolute atomic E-state index is 13.1. The van der Waals surface area contributed by atoms with Crippen LogP contribution in [0.15, 0.2) is 94.7 Å². The van der Waals surface area contributed by atoms with Crippen molar-refractivity contribution in [3.63, 3.8) is 0 Å². The van der Waals surface area contributed by atoms with Crippen LogP contribution >= 0.6 is 11.8 Å². The van der Waals surface area contributed by atoms with E-state index in [9.17, 15) is 22.8 Å². The summed E-state index contributed by atoms with van der Waals surface area (Å²) in [5.41, 5.74) is 12.6. The number of carbonyl (C=O) groups is 2. The lowest BCUT2D eigenvalue weighted by molar-refractivity contribution is -0.136. The van der Waals surface area contributed by atoms with Crippen LogP contribution in [0.25, 0.3) is 0 Å². The third-order valence-electron chi connectivity index (χ3n) is 5.61. The van der Waals surface area contributed by atoms with Crippen LogP contribution < -0.4 is 22.1 Å². The van der Waals surface area contributed by atoms with E-state index < -0.39 is 23.3 Å². The van der Waals surface area contributed by atoms with Gasteiger partial charge in [-0.25, -0.2) is 0 Å². The molecule has 0 fully saturated rings. The Morgan fingerprint density at radius 2 is 1.13 bits per heavy atom. The van der Waals surface area contributed by atoms with Crippen molar-refractivity contribution in [1.82, 2.24) is 0 Å². The molecule has 0 aliphatic rings. The molecule has 6 nitrogen and oxygen atoms in total. The van der Waals surface area contributed by atoms with E-state index in [4.69, 9.17) is 11.5 Å². The van der Waals surface area contributed by atoms with Gasteiger partial charge in [-0.2, -0.15) is 13.2 Å². The van der Waals surface area contributed by atoms with Crippen LogP contribution in [0.2, 0.25) is 0 Å². The van der Waals surface area contributed by atoms with Crippen molar-refractivity contribution < 1.29 is 22.8 Å². The molecule has 0 saturated carbocycles. The Balaban J connectivity index is 1.35. The van der Waals surface area contributed by atoms with E-state index in [1.165, 1.54) is 17.8 Å². The fourth-order valence-corrected chi connectivity index (χ4v) is 4.33. The second-order valence-electron chi connectivity index (χ2n) is 8.43. The maximum Gasteiger partial charge on any atom is 0.418 e. The molecule has 4 aromatic carbocycles. The van der Waals surface area contributed by atoms with Crippen LogP contribution in [0.4, 0.5) is 35.9 Å². The number of nitrogen functional groups attached to an aromatic ring is 2. The molecule has 2 amide bonds. The summed E-state index contributed by atoms with van der Waals surface area (Å²) in [6.45, 7) is 1.84. The fraction of sp³-hybridized carbons (Fsp3) is 0.0714. The molecule has 0 bridgehead atoms. The normalized spacial score (nSPS) is 11.2. The Morgan fingerprint density at radius 3 is 1.58 bits per heavy atom. The van der Waals surface area contributed by atoms with E-state index in [-0.39, 0.29) is 11.5 Å². The van der Waals surface area contributed by atoms with Gasteiger partial charge in [0.15, 0.2) is 0 Å². The van der Waals surface area contributed by atoms with Gasteiger partial charge in [0, 0.05) is 43.7 Å². The first kappa shape index (κ1) is 26.6. The molecule has 0 aromatic heterocycles. The summed E-state index contributed by atoms with van der Waals surface area (Å²) in [7, 11) is 0. The molecule has 0 aliphatic carbocycles. The Hall–Kier alpha value is -4.44. The van der Waals surface area contributed by atoms with E-state index in [0.717, 1.165) is 27.5 Å². The van der Waals surface area contributed by atoms with Gasteiger partial charge in [0.1, 0.15) is 0 Å². The number of halogens is 3. The van der Waals surface area contributed by atoms with E-state index >= 15 is 0 Å². The summed E-state index contributed by atoms with van der Waals surface area (Å²) in [6, 6.07) is 22.3. The first-order chi connectivity index (χ1) is 18.0. The van der Waals surface area contributed by atoms with Crippen LogP contribution in [0.3, 0.4) is 0 Å². The van der Waals surface area contributed by atoms with Crippen molar-refractivity contribution in [3.05, 3.63) is 107 Å². The van der Waals surface area contributed by atoms with E-state index in [2.05, 4.69) is 10.6 Å². The third kappa shape index (κ3) is 6.46. The number of aryl methyl sites for hydroxylation is 1. The highest BCUT2D eigenvalue weighted by molar-refractivity contribution is 7.99. The van der Waals surface area contributed by atoms with Gasteiger partial charge in [-0.3, -0.25) is 9.59 Å². The molecule has 38 heavy (non-hydrogen) atoms. The Bertz CT molecular complexity index is 1490. The largest absolute Gasteiger partial charge is 0.418 e. The predicted octanol–water partition coefficient (Wildman–Crippen LogP) is 6.83. The molecule has 0 radical (unpaired) electrons. The highest BCUT2D eigenvalue weighted by atomic mass is 32.2. The molecule has 0 saturated heterocycles. The number of carbonyl (C=O) groups excluding carboxylic acids is 2. The standard InChI is InChI=1S/C28H23F3N4O2S/c1-16-14-17(2-12-24(16)32)26(36)34-19-4-8-21(9-5-19)38-22-10-6-20(7-11-22)35-27(37)18-3-13-25(33)23(15-18)28(29,30)31/h2-15H,32-33H2,1H3,(H,34,36)(H,35,37). The first-order valence-electron chi connectivity index (χ1n) is 11.3. The Morgan fingerprint density at radius 1 is 0.684 bits per heavy atom. The van der Waals surface area contributed by atoms with Crippen LogP contribution in [0.1, 0.15) is 31.8 Å². The summed E-state index contributed by atoms with van der Waals surface area (Å²) in [5.74, 6) is -0.914. The average molecular weight is 537 g/mol. The fourth-order valence-electron chi connectivity index (χ4n) is 3.52. The number of amides is 2. The molecule has 0 heterocycles. The quantitative estimate of drug-likeness (QED) is 0.202. The van der Waals surface area contributed by atoms with Gasteiger partial charge in [-0.05, 0) is 97.4 Å². The minimum absolute atomic E-state index is 0.149. The molecule has 0 unspecified atom stereocenters. The number of rotatable bonds is 6. The summed E-state index contributed by atoms with van der Waals surface area (Å²) in [6.07, 6.45) is -4.65. The average Bonchev–Trinajstić information content (AvgIpc) is 2.87. The van der Waals surface area contributed by atoms with Crippen LogP contribution in [-0.2, 0) is 6.18 Å². The zero-order valence-corrected chi connectivity index (χ0v) is 20.9. The van der Waals surface area contributed by atoms with Crippen molar-refractivity contribution in [2.75, 3.05) is 22.1 Å². The van der Waals surface area contributed by atoms with Crippen molar-refractivity contribution >= 4 is 46.3 Å². The lowest BCUT2D eigenvalue weighted by atomic mass is 10.1. The smallest absolute Gasteiger partial charge is 0.399 e. The minimum atomic E-state index is -4.65. The lowest BCUT2D eigenvalue weighted by Crippen LogP contribution is -2.15. The number of anilines is 4. The SMILES string of the molecule is Cc1cc(C(=O)Nc2ccc(Sc3ccc(NC(=O)c4ccc(N)c(C(F)(F)F)c4)cc3)cc2)ccc1N. The van der Waals surface area contributed by atoms with Gasteiger partial charge in [0.2, 0.25) is 0 Å². The predicted molar refractivity (Wildman–Crippen MR) is 144 cm³/mol. The van der Waals surface area contributed by atoms with Crippen molar-refractivity contribution in [2.24, 2.45) is 0 Å². The minimum Gasteiger partial charge on any atom is -0.399 e. The molecule has 0 aliphatic heterocycles. The second kappa shape index (κ2) is 10.9. The zero-order valence-electron chi connectivity index (χ0n) is 20.1. The summed E-state index contributed by atoms with van der Waals surface area (Å²) in [4.78, 5) is 26.7. The first-order valence-corrected chi connectivity index (χ1v) is 12.1. The number of nitrogens with one attached hydrogen (secondary N) is 2. The topological polar surface area (TPSA) is 110 Å².